The number of hydrogen-bond donors (Lipinski definition) is 1. The predicted molar refractivity (Wildman–Crippen MR) is 178 cm³/mol. The van der Waals surface area contributed by atoms with Crippen LogP contribution in [0, 0.1) is 12.7 Å². The highest BCUT2D eigenvalue weighted by molar-refractivity contribution is 7.92. The molecule has 5 rings (SSSR count). The van der Waals surface area contributed by atoms with E-state index in [0.717, 1.165) is 41.1 Å². The van der Waals surface area contributed by atoms with E-state index in [2.05, 4.69) is 5.32 Å². The molecule has 2 amide bonds. The van der Waals surface area contributed by atoms with Crippen molar-refractivity contribution in [3.05, 3.63) is 131 Å². The Morgan fingerprint density at radius 2 is 1.54 bits per heavy atom. The molecule has 240 valence electrons. The highest BCUT2D eigenvalue weighted by Crippen LogP contribution is 2.29. The van der Waals surface area contributed by atoms with Crippen molar-refractivity contribution < 1.29 is 22.4 Å². The smallest absolute Gasteiger partial charge is 0.264 e. The summed E-state index contributed by atoms with van der Waals surface area (Å²) in [5.74, 6) is -1.56. The minimum absolute atomic E-state index is 0.0139. The van der Waals surface area contributed by atoms with Crippen molar-refractivity contribution >= 4 is 39.1 Å². The number of halogens is 2. The first kappa shape index (κ1) is 33.2. The number of sulfonamides is 1. The lowest BCUT2D eigenvalue weighted by Crippen LogP contribution is -2.54. The van der Waals surface area contributed by atoms with Gasteiger partial charge in [0.15, 0.2) is 0 Å². The molecule has 0 bridgehead atoms. The van der Waals surface area contributed by atoms with Crippen LogP contribution in [-0.4, -0.2) is 43.8 Å². The van der Waals surface area contributed by atoms with Crippen LogP contribution in [0.25, 0.3) is 0 Å². The van der Waals surface area contributed by atoms with Crippen LogP contribution >= 0.6 is 11.6 Å². The number of nitrogens with zero attached hydrogens (tertiary/aromatic N) is 2. The Kier molecular flexibility index (Phi) is 10.8. The Balaban J connectivity index is 1.58. The standard InChI is InChI=1S/C36H37ClFN3O4S/c1-26-20-21-30(23-32(26)37)41(46(44,45)31-17-6-3-7-18-31)25-35(42)40(24-28-14-8-11-19-33(28)38)34(22-27-12-4-2-5-13-27)36(43)39-29-15-9-10-16-29/h2-8,11-14,17-21,23,29,34H,9-10,15-16,22,24-25H2,1H3,(H,39,43)/t34-/m1/s1. The van der Waals surface area contributed by atoms with Gasteiger partial charge >= 0.3 is 0 Å². The van der Waals surface area contributed by atoms with E-state index in [1.165, 1.54) is 29.2 Å². The van der Waals surface area contributed by atoms with Crippen molar-refractivity contribution in [2.75, 3.05) is 10.8 Å². The van der Waals surface area contributed by atoms with E-state index in [4.69, 9.17) is 11.6 Å². The quantitative estimate of drug-likeness (QED) is 0.184. The van der Waals surface area contributed by atoms with Crippen LogP contribution in [0.4, 0.5) is 10.1 Å². The summed E-state index contributed by atoms with van der Waals surface area (Å²) in [4.78, 5) is 29.9. The molecule has 1 atom stereocenters. The minimum atomic E-state index is -4.26. The number of nitrogens with one attached hydrogen (secondary N) is 1. The molecule has 1 saturated carbocycles. The summed E-state index contributed by atoms with van der Waals surface area (Å²) in [5.41, 5.74) is 1.94. The van der Waals surface area contributed by atoms with Gasteiger partial charge in [0.1, 0.15) is 18.4 Å². The van der Waals surface area contributed by atoms with E-state index >= 15 is 4.39 Å². The number of amides is 2. The van der Waals surface area contributed by atoms with Crippen molar-refractivity contribution in [2.45, 2.75) is 62.6 Å². The fourth-order valence-corrected chi connectivity index (χ4v) is 7.32. The Morgan fingerprint density at radius 3 is 2.20 bits per heavy atom. The van der Waals surface area contributed by atoms with E-state index in [-0.39, 0.29) is 41.1 Å². The van der Waals surface area contributed by atoms with Crippen molar-refractivity contribution in [1.82, 2.24) is 10.2 Å². The first-order valence-corrected chi connectivity index (χ1v) is 17.2. The zero-order valence-corrected chi connectivity index (χ0v) is 27.2. The average molecular weight is 662 g/mol. The van der Waals surface area contributed by atoms with Crippen LogP contribution in [0.1, 0.15) is 42.4 Å². The minimum Gasteiger partial charge on any atom is -0.352 e. The second kappa shape index (κ2) is 14.9. The van der Waals surface area contributed by atoms with Crippen molar-refractivity contribution in [3.8, 4) is 0 Å². The van der Waals surface area contributed by atoms with Gasteiger partial charge in [0.2, 0.25) is 11.8 Å². The van der Waals surface area contributed by atoms with Crippen LogP contribution in [0.15, 0.2) is 108 Å². The van der Waals surface area contributed by atoms with Crippen LogP contribution < -0.4 is 9.62 Å². The lowest BCUT2D eigenvalue weighted by molar-refractivity contribution is -0.140. The van der Waals surface area contributed by atoms with Gasteiger partial charge in [-0.25, -0.2) is 12.8 Å². The summed E-state index contributed by atoms with van der Waals surface area (Å²) in [5, 5.41) is 3.45. The summed E-state index contributed by atoms with van der Waals surface area (Å²) < 4.78 is 44.3. The van der Waals surface area contributed by atoms with E-state index in [0.29, 0.717) is 5.02 Å². The van der Waals surface area contributed by atoms with Gasteiger partial charge in [-0.3, -0.25) is 13.9 Å². The number of anilines is 1. The lowest BCUT2D eigenvalue weighted by atomic mass is 10.0. The largest absolute Gasteiger partial charge is 0.352 e. The zero-order valence-electron chi connectivity index (χ0n) is 25.6. The molecule has 0 aliphatic heterocycles. The predicted octanol–water partition coefficient (Wildman–Crippen LogP) is 6.68. The number of aryl methyl sites for hydroxylation is 1. The molecule has 1 N–H and O–H groups in total. The molecule has 0 unspecified atom stereocenters. The average Bonchev–Trinajstić information content (AvgIpc) is 3.57. The molecule has 10 heteroatoms. The number of benzene rings is 4. The molecule has 4 aromatic carbocycles. The molecule has 0 heterocycles. The summed E-state index contributed by atoms with van der Waals surface area (Å²) in [6, 6.07) is 26.8. The van der Waals surface area contributed by atoms with Crippen molar-refractivity contribution in [1.29, 1.82) is 0 Å². The number of rotatable bonds is 12. The van der Waals surface area contributed by atoms with Crippen LogP contribution in [0.2, 0.25) is 5.02 Å². The maximum atomic E-state index is 15.1. The first-order chi connectivity index (χ1) is 22.1. The van der Waals surface area contributed by atoms with E-state index in [1.54, 1.807) is 55.5 Å². The van der Waals surface area contributed by atoms with E-state index < -0.39 is 34.3 Å². The third kappa shape index (κ3) is 7.95. The Hall–Kier alpha value is -4.21. The summed E-state index contributed by atoms with van der Waals surface area (Å²) in [6.45, 7) is 0.905. The molecular weight excluding hydrogens is 625 g/mol. The van der Waals surface area contributed by atoms with Crippen LogP contribution in [-0.2, 0) is 32.6 Å². The third-order valence-corrected chi connectivity index (χ3v) is 10.5. The van der Waals surface area contributed by atoms with Gasteiger partial charge in [0.25, 0.3) is 10.0 Å². The SMILES string of the molecule is Cc1ccc(N(CC(=O)N(Cc2ccccc2F)[C@H](Cc2ccccc2)C(=O)NC2CCCC2)S(=O)(=O)c2ccccc2)cc1Cl. The second-order valence-corrected chi connectivity index (χ2v) is 13.8. The van der Waals surface area contributed by atoms with Gasteiger partial charge in [-0.05, 0) is 61.2 Å². The number of carbonyl (C=O) groups excluding carboxylic acids is 2. The third-order valence-electron chi connectivity index (χ3n) is 8.32. The number of carbonyl (C=O) groups is 2. The monoisotopic (exact) mass is 661 g/mol. The van der Waals surface area contributed by atoms with E-state index in [9.17, 15) is 18.0 Å². The Morgan fingerprint density at radius 1 is 0.913 bits per heavy atom. The topological polar surface area (TPSA) is 86.8 Å². The van der Waals surface area contributed by atoms with Gasteiger partial charge in [0.05, 0.1) is 10.6 Å². The highest BCUT2D eigenvalue weighted by atomic mass is 35.5. The highest BCUT2D eigenvalue weighted by Gasteiger charge is 2.36. The summed E-state index contributed by atoms with van der Waals surface area (Å²) in [6.07, 6.45) is 3.82. The lowest BCUT2D eigenvalue weighted by Gasteiger charge is -2.34. The first-order valence-electron chi connectivity index (χ1n) is 15.3. The van der Waals surface area contributed by atoms with Crippen molar-refractivity contribution in [2.24, 2.45) is 0 Å². The molecular formula is C36H37ClFN3O4S. The molecule has 1 fully saturated rings. The molecule has 0 aromatic heterocycles. The summed E-state index contributed by atoms with van der Waals surface area (Å²) in [7, 11) is -4.26. The molecule has 46 heavy (non-hydrogen) atoms. The van der Waals surface area contributed by atoms with Gasteiger partial charge in [0, 0.05) is 29.6 Å². The zero-order chi connectivity index (χ0) is 32.7. The maximum absolute atomic E-state index is 15.1. The summed E-state index contributed by atoms with van der Waals surface area (Å²) >= 11 is 6.43. The number of hydrogen-bond acceptors (Lipinski definition) is 4. The fourth-order valence-electron chi connectivity index (χ4n) is 5.72. The fraction of sp³-hybridized carbons (Fsp3) is 0.278. The van der Waals surface area contributed by atoms with Crippen LogP contribution in [0.3, 0.4) is 0 Å². The molecule has 1 aliphatic carbocycles. The Bertz CT molecular complexity index is 1770. The molecule has 0 spiro atoms. The molecule has 1 aliphatic rings. The maximum Gasteiger partial charge on any atom is 0.264 e. The molecule has 7 nitrogen and oxygen atoms in total. The molecule has 0 radical (unpaired) electrons. The van der Waals surface area contributed by atoms with Gasteiger partial charge in [-0.2, -0.15) is 0 Å². The van der Waals surface area contributed by atoms with Crippen molar-refractivity contribution in [3.63, 3.8) is 0 Å². The second-order valence-electron chi connectivity index (χ2n) is 11.6. The molecule has 4 aromatic rings. The Labute approximate surface area is 275 Å². The van der Waals surface area contributed by atoms with Gasteiger partial charge in [-0.15, -0.1) is 0 Å². The van der Waals surface area contributed by atoms with E-state index in [1.807, 2.05) is 30.3 Å². The normalized spacial score (nSPS) is 14.1. The molecule has 0 saturated heterocycles. The van der Waals surface area contributed by atoms with Gasteiger partial charge < -0.3 is 10.2 Å². The van der Waals surface area contributed by atoms with Crippen LogP contribution in [0.5, 0.6) is 0 Å². The van der Waals surface area contributed by atoms with Gasteiger partial charge in [-0.1, -0.05) is 97.2 Å².